The van der Waals surface area contributed by atoms with Gasteiger partial charge >= 0.3 is 0 Å². The lowest BCUT2D eigenvalue weighted by Crippen LogP contribution is -2.33. The van der Waals surface area contributed by atoms with E-state index in [-0.39, 0.29) is 6.10 Å². The van der Waals surface area contributed by atoms with Gasteiger partial charge in [-0.3, -0.25) is 0 Å². The second-order valence-corrected chi connectivity index (χ2v) is 4.64. The first-order valence-electron chi connectivity index (χ1n) is 5.21. The highest BCUT2D eigenvalue weighted by Crippen LogP contribution is 2.25. The summed E-state index contributed by atoms with van der Waals surface area (Å²) < 4.78 is 12.3. The van der Waals surface area contributed by atoms with E-state index in [9.17, 15) is 0 Å². The number of aromatic nitrogens is 1. The largest absolute Gasteiger partial charge is 0.438 e. The Balaban J connectivity index is 1.97. The maximum atomic E-state index is 5.67. The normalized spacial score (nSPS) is 21.4. The number of benzene rings is 1. The van der Waals surface area contributed by atoms with Gasteiger partial charge in [0.15, 0.2) is 5.58 Å². The Hall–Kier alpha value is -0.910. The number of nitrogens with zero attached hydrogens (tertiary/aromatic N) is 1. The van der Waals surface area contributed by atoms with E-state index >= 15 is 0 Å². The van der Waals surface area contributed by atoms with Crippen LogP contribution in [0.2, 0.25) is 0 Å². The molecule has 1 saturated heterocycles. The minimum atomic E-state index is -0.0695. The number of rotatable bonds is 1. The zero-order valence-corrected chi connectivity index (χ0v) is 10.2. The van der Waals surface area contributed by atoms with Crippen LogP contribution in [-0.4, -0.2) is 24.7 Å². The fraction of sp³-hybridized carbons (Fsp3) is 0.364. The number of oxazole rings is 1. The zero-order chi connectivity index (χ0) is 11.0. The van der Waals surface area contributed by atoms with Gasteiger partial charge < -0.3 is 14.5 Å². The third-order valence-electron chi connectivity index (χ3n) is 2.57. The van der Waals surface area contributed by atoms with E-state index in [1.165, 1.54) is 0 Å². The van der Waals surface area contributed by atoms with Gasteiger partial charge in [-0.2, -0.15) is 0 Å². The van der Waals surface area contributed by atoms with Crippen LogP contribution in [-0.2, 0) is 4.74 Å². The molecule has 2 aromatic rings. The summed E-state index contributed by atoms with van der Waals surface area (Å²) in [7, 11) is 0. The molecule has 0 aliphatic carbocycles. The van der Waals surface area contributed by atoms with Crippen LogP contribution < -0.4 is 5.32 Å². The Morgan fingerprint density at radius 3 is 3.19 bits per heavy atom. The molecule has 1 aliphatic rings. The lowest BCUT2D eigenvalue weighted by Gasteiger charge is -2.20. The van der Waals surface area contributed by atoms with Gasteiger partial charge in [0, 0.05) is 17.6 Å². The van der Waals surface area contributed by atoms with Crippen molar-refractivity contribution in [2.45, 2.75) is 6.10 Å². The Kier molecular flexibility index (Phi) is 2.67. The molecule has 0 spiro atoms. The molecular weight excluding hydrogens is 272 g/mol. The topological polar surface area (TPSA) is 47.3 Å². The maximum absolute atomic E-state index is 5.67. The van der Waals surface area contributed by atoms with E-state index in [0.717, 1.165) is 28.7 Å². The maximum Gasteiger partial charge on any atom is 0.225 e. The molecule has 1 unspecified atom stereocenters. The third-order valence-corrected chi connectivity index (χ3v) is 3.06. The summed E-state index contributed by atoms with van der Waals surface area (Å²) in [6, 6.07) is 5.79. The molecule has 0 saturated carbocycles. The second kappa shape index (κ2) is 4.16. The smallest absolute Gasteiger partial charge is 0.225 e. The molecule has 1 aromatic carbocycles. The molecule has 1 fully saturated rings. The first-order chi connectivity index (χ1) is 7.83. The Labute approximate surface area is 101 Å². The van der Waals surface area contributed by atoms with Crippen LogP contribution in [0.4, 0.5) is 0 Å². The van der Waals surface area contributed by atoms with Crippen LogP contribution in [0.1, 0.15) is 12.0 Å². The fourth-order valence-electron chi connectivity index (χ4n) is 1.78. The molecule has 2 heterocycles. The molecule has 5 heteroatoms. The Morgan fingerprint density at radius 1 is 1.44 bits per heavy atom. The molecule has 0 amide bonds. The summed E-state index contributed by atoms with van der Waals surface area (Å²) in [6.45, 7) is 2.35. The van der Waals surface area contributed by atoms with Crippen LogP contribution in [0.25, 0.3) is 11.1 Å². The van der Waals surface area contributed by atoms with Crippen molar-refractivity contribution in [1.29, 1.82) is 0 Å². The minimum absolute atomic E-state index is 0.0695. The van der Waals surface area contributed by atoms with Crippen LogP contribution >= 0.6 is 15.9 Å². The number of morpholine rings is 1. The van der Waals surface area contributed by atoms with Gasteiger partial charge in [0.1, 0.15) is 11.6 Å². The number of fused-ring (bicyclic) bond motifs is 1. The van der Waals surface area contributed by atoms with Crippen LogP contribution in [0.15, 0.2) is 27.1 Å². The van der Waals surface area contributed by atoms with Crippen molar-refractivity contribution in [3.63, 3.8) is 0 Å². The summed E-state index contributed by atoms with van der Waals surface area (Å²) in [5, 5.41) is 3.25. The Morgan fingerprint density at radius 2 is 2.38 bits per heavy atom. The van der Waals surface area contributed by atoms with Gasteiger partial charge in [-0.15, -0.1) is 0 Å². The van der Waals surface area contributed by atoms with E-state index < -0.39 is 0 Å². The first kappa shape index (κ1) is 10.3. The fourth-order valence-corrected chi connectivity index (χ4v) is 2.13. The number of hydrogen-bond donors (Lipinski definition) is 1. The summed E-state index contributed by atoms with van der Waals surface area (Å²) in [5.74, 6) is 0.653. The molecule has 1 atom stereocenters. The summed E-state index contributed by atoms with van der Waals surface area (Å²) in [5.41, 5.74) is 1.66. The zero-order valence-electron chi connectivity index (χ0n) is 8.57. The molecule has 3 rings (SSSR count). The molecule has 1 aliphatic heterocycles. The molecule has 4 nitrogen and oxygen atoms in total. The van der Waals surface area contributed by atoms with E-state index in [0.29, 0.717) is 12.5 Å². The Bertz CT molecular complexity index is 506. The summed E-state index contributed by atoms with van der Waals surface area (Å²) in [4.78, 5) is 4.44. The highest BCUT2D eigenvalue weighted by molar-refractivity contribution is 9.10. The predicted molar refractivity (Wildman–Crippen MR) is 63.3 cm³/mol. The van der Waals surface area contributed by atoms with Crippen LogP contribution in [0.5, 0.6) is 0 Å². The van der Waals surface area contributed by atoms with E-state index in [4.69, 9.17) is 9.15 Å². The van der Waals surface area contributed by atoms with Gasteiger partial charge in [-0.05, 0) is 18.2 Å². The number of halogens is 1. The average molecular weight is 283 g/mol. The molecule has 0 radical (unpaired) electrons. The summed E-state index contributed by atoms with van der Waals surface area (Å²) >= 11 is 3.41. The van der Waals surface area contributed by atoms with Crippen molar-refractivity contribution in [2.24, 2.45) is 0 Å². The van der Waals surface area contributed by atoms with Crippen molar-refractivity contribution >= 4 is 27.0 Å². The lowest BCUT2D eigenvalue weighted by molar-refractivity contribution is 0.0118. The number of ether oxygens (including phenoxy) is 1. The van der Waals surface area contributed by atoms with Crippen molar-refractivity contribution in [2.75, 3.05) is 19.7 Å². The number of nitrogens with one attached hydrogen (secondary N) is 1. The monoisotopic (exact) mass is 282 g/mol. The van der Waals surface area contributed by atoms with Gasteiger partial charge in [0.2, 0.25) is 5.89 Å². The van der Waals surface area contributed by atoms with Gasteiger partial charge in [0.05, 0.1) is 6.61 Å². The number of hydrogen-bond acceptors (Lipinski definition) is 4. The quantitative estimate of drug-likeness (QED) is 0.872. The molecule has 16 heavy (non-hydrogen) atoms. The molecule has 1 aromatic heterocycles. The average Bonchev–Trinajstić information content (AvgIpc) is 2.73. The molecule has 0 bridgehead atoms. The third kappa shape index (κ3) is 1.86. The summed E-state index contributed by atoms with van der Waals surface area (Å²) in [6.07, 6.45) is -0.0695. The molecule has 84 valence electrons. The van der Waals surface area contributed by atoms with Crippen molar-refractivity contribution in [3.8, 4) is 0 Å². The highest BCUT2D eigenvalue weighted by atomic mass is 79.9. The van der Waals surface area contributed by atoms with Gasteiger partial charge in [-0.1, -0.05) is 15.9 Å². The van der Waals surface area contributed by atoms with E-state index in [1.54, 1.807) is 0 Å². The molecule has 1 N–H and O–H groups in total. The first-order valence-corrected chi connectivity index (χ1v) is 6.00. The highest BCUT2D eigenvalue weighted by Gasteiger charge is 2.21. The van der Waals surface area contributed by atoms with Gasteiger partial charge in [-0.25, -0.2) is 4.98 Å². The van der Waals surface area contributed by atoms with Crippen LogP contribution in [0.3, 0.4) is 0 Å². The lowest BCUT2D eigenvalue weighted by atomic mass is 10.3. The van der Waals surface area contributed by atoms with E-state index in [1.807, 2.05) is 18.2 Å². The van der Waals surface area contributed by atoms with Crippen LogP contribution in [0, 0.1) is 0 Å². The SMILES string of the molecule is Brc1ccc2oc(C3CNCCO3)nc2c1. The van der Waals surface area contributed by atoms with E-state index in [2.05, 4.69) is 26.2 Å². The van der Waals surface area contributed by atoms with Crippen molar-refractivity contribution in [1.82, 2.24) is 10.3 Å². The second-order valence-electron chi connectivity index (χ2n) is 3.73. The standard InChI is InChI=1S/C11H11BrN2O2/c12-7-1-2-9-8(5-7)14-11(16-9)10-6-13-3-4-15-10/h1-2,5,10,13H,3-4,6H2. The van der Waals surface area contributed by atoms with Crippen molar-refractivity contribution in [3.05, 3.63) is 28.6 Å². The van der Waals surface area contributed by atoms with Crippen molar-refractivity contribution < 1.29 is 9.15 Å². The molecular formula is C11H11BrN2O2. The predicted octanol–water partition coefficient (Wildman–Crippen LogP) is 2.25. The van der Waals surface area contributed by atoms with Gasteiger partial charge in [0.25, 0.3) is 0 Å². The minimum Gasteiger partial charge on any atom is -0.438 e.